The summed E-state index contributed by atoms with van der Waals surface area (Å²) in [7, 11) is 0. The Balaban J connectivity index is 1.59. The molecule has 0 aliphatic heterocycles. The summed E-state index contributed by atoms with van der Waals surface area (Å²) in [5, 5.41) is -1.09. The van der Waals surface area contributed by atoms with Crippen molar-refractivity contribution in [3.05, 3.63) is 175 Å². The van der Waals surface area contributed by atoms with Crippen molar-refractivity contribution in [1.82, 2.24) is 0 Å². The van der Waals surface area contributed by atoms with Gasteiger partial charge in [-0.25, -0.2) is 0 Å². The van der Waals surface area contributed by atoms with Crippen molar-refractivity contribution in [3.8, 4) is 33.4 Å². The summed E-state index contributed by atoms with van der Waals surface area (Å²) in [4.78, 5) is 0.421. The number of anilines is 3. The molecule has 2 heteroatoms. The summed E-state index contributed by atoms with van der Waals surface area (Å²) in [6, 6.07) is -30.1. The van der Waals surface area contributed by atoms with E-state index in [0.717, 1.165) is 0 Å². The van der Waals surface area contributed by atoms with Crippen LogP contribution in [-0.4, -0.2) is 0 Å². The molecule has 0 saturated carbocycles. The van der Waals surface area contributed by atoms with E-state index in [1.165, 1.54) is 0 Å². The van der Waals surface area contributed by atoms with E-state index in [0.29, 0.717) is 4.90 Å². The van der Waals surface area contributed by atoms with Gasteiger partial charge in [-0.2, -0.15) is 0 Å². The monoisotopic (exact) mass is 592 g/mol. The Labute approximate surface area is 297 Å². The second kappa shape index (κ2) is 11.1. The predicted molar refractivity (Wildman–Crippen MR) is 185 cm³/mol. The lowest BCUT2D eigenvalue weighted by Crippen LogP contribution is -2.10. The normalized spacial score (nSPS) is 20.4. The molecule has 0 unspecified atom stereocenters. The minimum Gasteiger partial charge on any atom is -0.454 e. The Kier molecular flexibility index (Phi) is 2.41. The highest BCUT2D eigenvalue weighted by molar-refractivity contribution is 6.10. The van der Waals surface area contributed by atoms with Crippen molar-refractivity contribution in [1.29, 1.82) is 0 Å². The lowest BCUT2D eigenvalue weighted by atomic mass is 9.91. The summed E-state index contributed by atoms with van der Waals surface area (Å²) < 4.78 is 261. The van der Waals surface area contributed by atoms with Gasteiger partial charge in [0.2, 0.25) is 0 Å². The molecule has 44 heavy (non-hydrogen) atoms. The molecule has 0 fully saturated rings. The molecular formula is C42H29NO. The lowest BCUT2D eigenvalue weighted by Gasteiger charge is -2.25. The molecule has 0 bridgehead atoms. The zero-order valence-electron chi connectivity index (χ0n) is 50.9. The Morgan fingerprint density at radius 1 is 0.409 bits per heavy atom. The summed E-state index contributed by atoms with van der Waals surface area (Å²) in [5.74, 6) is 0. The standard InChI is InChI=1S/C42H29NO/c1-4-13-31(14-5-1)36-28-25-33(29-39(36)32-15-6-2-7-16-32)30-23-26-35(27-24-30)43(34-17-8-3-9-18-34)40-21-12-20-38-37-19-10-11-22-41(37)44-42(38)40/h1-29H/i1D,2D,3D,4D,5D,6D,7D,8D,9D,10D,11D,12D,13D,14D,15D,16D,17D,18D,19D,20D,21D,22D,23D,24D,25D,26D,27D,28D,29D. The first kappa shape index (κ1) is 9.57. The summed E-state index contributed by atoms with van der Waals surface area (Å²) in [6.07, 6.45) is 0. The first-order chi connectivity index (χ1) is 33.9. The maximum Gasteiger partial charge on any atom is 0.159 e. The number of rotatable bonds is 6. The van der Waals surface area contributed by atoms with Gasteiger partial charge in [-0.1, -0.05) is 133 Å². The van der Waals surface area contributed by atoms with Crippen molar-refractivity contribution >= 4 is 39.0 Å². The van der Waals surface area contributed by atoms with Crippen LogP contribution in [0.4, 0.5) is 17.1 Å². The third kappa shape index (κ3) is 4.63. The Morgan fingerprint density at radius 3 is 1.70 bits per heavy atom. The van der Waals surface area contributed by atoms with Gasteiger partial charge in [0.1, 0.15) is 5.58 Å². The number of hydrogen-bond donors (Lipinski definition) is 0. The summed E-state index contributed by atoms with van der Waals surface area (Å²) in [5.41, 5.74) is -10.1. The van der Waals surface area contributed by atoms with E-state index >= 15 is 0 Å². The molecule has 0 aliphatic carbocycles. The fourth-order valence-electron chi connectivity index (χ4n) is 4.36. The van der Waals surface area contributed by atoms with E-state index in [-0.39, 0.29) is 0 Å². The minimum atomic E-state index is -1.28. The summed E-state index contributed by atoms with van der Waals surface area (Å²) in [6.45, 7) is 0. The highest BCUT2D eigenvalue weighted by Crippen LogP contribution is 2.42. The van der Waals surface area contributed by atoms with Crippen molar-refractivity contribution in [2.24, 2.45) is 0 Å². The van der Waals surface area contributed by atoms with E-state index in [1.807, 2.05) is 0 Å². The number of fused-ring (bicyclic) bond motifs is 3. The molecule has 7 aromatic carbocycles. The zero-order chi connectivity index (χ0) is 54.5. The molecule has 0 amide bonds. The molecule has 8 rings (SSSR count). The largest absolute Gasteiger partial charge is 0.454 e. The molecule has 0 aliphatic rings. The summed E-state index contributed by atoms with van der Waals surface area (Å²) >= 11 is 0. The molecule has 0 radical (unpaired) electrons. The minimum absolute atomic E-state index is 0.421. The Bertz CT molecular complexity index is 3750. The fraction of sp³-hybridized carbons (Fsp3) is 0. The molecule has 1 heterocycles. The van der Waals surface area contributed by atoms with Crippen LogP contribution in [0.15, 0.2) is 180 Å². The maximum atomic E-state index is 9.64. The van der Waals surface area contributed by atoms with Crippen molar-refractivity contribution in [2.75, 3.05) is 4.90 Å². The highest BCUT2D eigenvalue weighted by Gasteiger charge is 2.19. The predicted octanol–water partition coefficient (Wildman–Crippen LogP) is 12.1. The van der Waals surface area contributed by atoms with Crippen LogP contribution >= 0.6 is 0 Å². The first-order valence-electron chi connectivity index (χ1n) is 27.1. The van der Waals surface area contributed by atoms with Gasteiger partial charge < -0.3 is 9.32 Å². The first-order valence-corrected chi connectivity index (χ1v) is 12.6. The van der Waals surface area contributed by atoms with Gasteiger partial charge in [0.05, 0.1) is 45.4 Å². The zero-order valence-corrected chi connectivity index (χ0v) is 21.9. The van der Waals surface area contributed by atoms with Gasteiger partial charge in [-0.05, 0) is 75.7 Å². The number of nitrogens with zero attached hydrogens (tertiary/aromatic N) is 1. The van der Waals surface area contributed by atoms with E-state index < -0.39 is 248 Å². The average molecular weight is 593 g/mol. The fourth-order valence-corrected chi connectivity index (χ4v) is 4.36. The molecule has 1 aromatic heterocycles. The smallest absolute Gasteiger partial charge is 0.159 e. The van der Waals surface area contributed by atoms with Crippen molar-refractivity contribution in [2.45, 2.75) is 0 Å². The Hall–Kier alpha value is -5.86. The van der Waals surface area contributed by atoms with Crippen molar-refractivity contribution in [3.63, 3.8) is 0 Å². The SMILES string of the molecule is [2H]c1c([2H])c([2H])c(-c2c([2H])c([2H])c(-c3c([2H])c([2H])c(N(c4c([2H])c([2H])c([2H])c([2H])c4[2H])c4c([2H])c([2H])c([2H])c5c4oc4c([2H])c([2H])c([2H])c([2H])c45)c([2H])c3[2H])c([2H])c2-c2c([2H])c([2H])c([2H])c([2H])c2[2H])c([2H])c1[2H]. The lowest BCUT2D eigenvalue weighted by molar-refractivity contribution is 0.669. The van der Waals surface area contributed by atoms with Gasteiger partial charge in [0.15, 0.2) is 5.58 Å². The number of para-hydroxylation sites is 3. The number of furan rings is 1. The van der Waals surface area contributed by atoms with Crippen LogP contribution in [0, 0.1) is 0 Å². The molecular weight excluding hydrogens is 534 g/mol. The van der Waals surface area contributed by atoms with Gasteiger partial charge in [0.25, 0.3) is 0 Å². The second-order valence-electron chi connectivity index (χ2n) is 8.77. The van der Waals surface area contributed by atoms with Crippen molar-refractivity contribution < 1.29 is 44.2 Å². The van der Waals surface area contributed by atoms with Crippen LogP contribution in [-0.2, 0) is 0 Å². The average Bonchev–Trinajstić information content (AvgIpc) is 3.76. The molecule has 0 N–H and O–H groups in total. The van der Waals surface area contributed by atoms with Crippen LogP contribution in [0.5, 0.6) is 0 Å². The van der Waals surface area contributed by atoms with E-state index in [4.69, 9.17) is 33.2 Å². The van der Waals surface area contributed by atoms with E-state index in [1.54, 1.807) is 0 Å². The van der Waals surface area contributed by atoms with Gasteiger partial charge in [0, 0.05) is 22.1 Å². The molecule has 0 spiro atoms. The Morgan fingerprint density at radius 2 is 0.977 bits per heavy atom. The molecule has 2 nitrogen and oxygen atoms in total. The van der Waals surface area contributed by atoms with Crippen LogP contribution in [0.25, 0.3) is 55.3 Å². The molecule has 208 valence electrons. The molecule has 0 saturated heterocycles. The van der Waals surface area contributed by atoms with Gasteiger partial charge in [-0.3, -0.25) is 0 Å². The highest BCUT2D eigenvalue weighted by atomic mass is 16.3. The number of hydrogen-bond acceptors (Lipinski definition) is 2. The second-order valence-corrected chi connectivity index (χ2v) is 8.77. The van der Waals surface area contributed by atoms with Crippen LogP contribution in [0.2, 0.25) is 0 Å². The topological polar surface area (TPSA) is 16.4 Å². The molecule has 8 aromatic rings. The van der Waals surface area contributed by atoms with E-state index in [9.17, 15) is 11.0 Å². The maximum absolute atomic E-state index is 9.64. The number of benzene rings is 7. The van der Waals surface area contributed by atoms with Crippen LogP contribution in [0.1, 0.15) is 39.8 Å². The van der Waals surface area contributed by atoms with Gasteiger partial charge in [-0.15, -0.1) is 0 Å². The third-order valence-electron chi connectivity index (χ3n) is 6.25. The van der Waals surface area contributed by atoms with Gasteiger partial charge >= 0.3 is 0 Å². The van der Waals surface area contributed by atoms with Crippen LogP contribution in [0.3, 0.4) is 0 Å². The van der Waals surface area contributed by atoms with Crippen LogP contribution < -0.4 is 4.90 Å². The molecule has 0 atom stereocenters. The quantitative estimate of drug-likeness (QED) is 0.191. The third-order valence-corrected chi connectivity index (χ3v) is 6.25. The van der Waals surface area contributed by atoms with E-state index in [2.05, 4.69) is 0 Å².